The fourth-order valence-electron chi connectivity index (χ4n) is 3.34. The van der Waals surface area contributed by atoms with E-state index in [1.165, 1.54) is 4.90 Å². The molecule has 1 aromatic carbocycles. The quantitative estimate of drug-likeness (QED) is 0.794. The minimum Gasteiger partial charge on any atom is -0.381 e. The molecule has 0 saturated carbocycles. The van der Waals surface area contributed by atoms with E-state index in [4.69, 9.17) is 4.74 Å². The number of carbonyl (C=O) groups is 2. The zero-order valence-corrected chi connectivity index (χ0v) is 12.9. The number of amides is 2. The molecule has 0 atom stereocenters. The number of nitrogens with zero attached hydrogens (tertiary/aromatic N) is 3. The van der Waals surface area contributed by atoms with Crippen molar-refractivity contribution < 1.29 is 14.3 Å². The predicted molar refractivity (Wildman–Crippen MR) is 84.3 cm³/mol. The van der Waals surface area contributed by atoms with Crippen LogP contribution in [-0.4, -0.2) is 45.5 Å². The molecule has 4 rings (SSSR count). The number of imidazole rings is 1. The lowest BCUT2D eigenvalue weighted by Crippen LogP contribution is -2.44. The first-order valence-electron chi connectivity index (χ1n) is 7.77. The van der Waals surface area contributed by atoms with Crippen molar-refractivity contribution in [1.82, 2.24) is 14.5 Å². The first kappa shape index (κ1) is 14.1. The Hall–Kier alpha value is -2.47. The first-order valence-corrected chi connectivity index (χ1v) is 7.77. The summed E-state index contributed by atoms with van der Waals surface area (Å²) < 4.78 is 7.06. The summed E-state index contributed by atoms with van der Waals surface area (Å²) in [5.41, 5.74) is 2.52. The molecule has 2 aliphatic heterocycles. The normalized spacial score (nSPS) is 20.1. The number of aromatic nitrogens is 2. The molecule has 118 valence electrons. The molecule has 0 bridgehead atoms. The number of carbonyl (C=O) groups excluding carboxylic acids is 2. The SMILES string of the molecule is CC1=C(n2cnc3ccccc32)C(=O)N(C2CCOCC2)C1=O. The Morgan fingerprint density at radius 3 is 2.65 bits per heavy atom. The summed E-state index contributed by atoms with van der Waals surface area (Å²) in [7, 11) is 0. The molecule has 1 fully saturated rings. The first-order chi connectivity index (χ1) is 11.2. The van der Waals surface area contributed by atoms with E-state index < -0.39 is 0 Å². The average Bonchev–Trinajstić information content (AvgIpc) is 3.08. The Morgan fingerprint density at radius 2 is 1.87 bits per heavy atom. The molecule has 0 unspecified atom stereocenters. The molecular weight excluding hydrogens is 294 g/mol. The van der Waals surface area contributed by atoms with Gasteiger partial charge in [-0.25, -0.2) is 4.98 Å². The van der Waals surface area contributed by atoms with Gasteiger partial charge in [-0.3, -0.25) is 19.1 Å². The number of fused-ring (bicyclic) bond motifs is 1. The Balaban J connectivity index is 1.76. The molecule has 23 heavy (non-hydrogen) atoms. The Morgan fingerprint density at radius 1 is 1.13 bits per heavy atom. The maximum atomic E-state index is 12.9. The molecule has 0 aliphatic carbocycles. The molecule has 6 nitrogen and oxygen atoms in total. The summed E-state index contributed by atoms with van der Waals surface area (Å²) in [6.07, 6.45) is 3.01. The van der Waals surface area contributed by atoms with Gasteiger partial charge in [-0.1, -0.05) is 12.1 Å². The van der Waals surface area contributed by atoms with Crippen LogP contribution in [0.5, 0.6) is 0 Å². The van der Waals surface area contributed by atoms with Crippen LogP contribution >= 0.6 is 0 Å². The number of imide groups is 1. The van der Waals surface area contributed by atoms with Crippen LogP contribution in [0.4, 0.5) is 0 Å². The summed E-state index contributed by atoms with van der Waals surface area (Å²) in [5.74, 6) is -0.433. The van der Waals surface area contributed by atoms with Crippen molar-refractivity contribution in [2.24, 2.45) is 0 Å². The molecule has 2 aromatic rings. The van der Waals surface area contributed by atoms with Crippen LogP contribution in [0.25, 0.3) is 16.7 Å². The van der Waals surface area contributed by atoms with Crippen molar-refractivity contribution in [2.75, 3.05) is 13.2 Å². The van der Waals surface area contributed by atoms with Gasteiger partial charge in [0.05, 0.1) is 11.0 Å². The smallest absolute Gasteiger partial charge is 0.278 e. The van der Waals surface area contributed by atoms with E-state index in [1.54, 1.807) is 17.8 Å². The minimum absolute atomic E-state index is 0.0778. The number of hydrogen-bond acceptors (Lipinski definition) is 4. The number of rotatable bonds is 2. The van der Waals surface area contributed by atoms with Crippen LogP contribution in [0.1, 0.15) is 19.8 Å². The number of hydrogen-bond donors (Lipinski definition) is 0. The maximum Gasteiger partial charge on any atom is 0.278 e. The topological polar surface area (TPSA) is 64.4 Å². The third kappa shape index (κ3) is 2.09. The Bertz CT molecular complexity index is 830. The third-order valence-electron chi connectivity index (χ3n) is 4.57. The Kier molecular flexibility index (Phi) is 3.27. The van der Waals surface area contributed by atoms with E-state index in [0.717, 1.165) is 11.0 Å². The van der Waals surface area contributed by atoms with E-state index in [9.17, 15) is 9.59 Å². The third-order valence-corrected chi connectivity index (χ3v) is 4.57. The van der Waals surface area contributed by atoms with Crippen molar-refractivity contribution >= 4 is 28.5 Å². The monoisotopic (exact) mass is 311 g/mol. The maximum absolute atomic E-state index is 12.9. The second-order valence-corrected chi connectivity index (χ2v) is 5.90. The number of benzene rings is 1. The van der Waals surface area contributed by atoms with Gasteiger partial charge in [-0.15, -0.1) is 0 Å². The number of ether oxygens (including phenoxy) is 1. The molecule has 0 N–H and O–H groups in total. The molecule has 1 saturated heterocycles. The standard InChI is InChI=1S/C17H17N3O3/c1-11-15(19-10-18-13-4-2-3-5-14(13)19)17(22)20(16(11)21)12-6-8-23-9-7-12/h2-5,10,12H,6-9H2,1H3. The van der Waals surface area contributed by atoms with E-state index in [0.29, 0.717) is 37.3 Å². The van der Waals surface area contributed by atoms with Crippen molar-refractivity contribution in [2.45, 2.75) is 25.8 Å². The van der Waals surface area contributed by atoms with Crippen LogP contribution in [0.3, 0.4) is 0 Å². The number of para-hydroxylation sites is 2. The van der Waals surface area contributed by atoms with Crippen LogP contribution in [0.2, 0.25) is 0 Å². The zero-order valence-electron chi connectivity index (χ0n) is 12.9. The average molecular weight is 311 g/mol. The van der Waals surface area contributed by atoms with Crippen LogP contribution < -0.4 is 0 Å². The summed E-state index contributed by atoms with van der Waals surface area (Å²) in [6.45, 7) is 2.89. The lowest BCUT2D eigenvalue weighted by atomic mass is 10.1. The predicted octanol–water partition coefficient (Wildman–Crippen LogP) is 1.82. The summed E-state index contributed by atoms with van der Waals surface area (Å²) in [5, 5.41) is 0. The highest BCUT2D eigenvalue weighted by molar-refractivity contribution is 6.32. The molecule has 0 spiro atoms. The second kappa shape index (κ2) is 5.31. The largest absolute Gasteiger partial charge is 0.381 e. The molecule has 6 heteroatoms. The van der Waals surface area contributed by atoms with Crippen molar-refractivity contribution in [3.63, 3.8) is 0 Å². The van der Waals surface area contributed by atoms with Crippen LogP contribution in [0.15, 0.2) is 36.2 Å². The van der Waals surface area contributed by atoms with Gasteiger partial charge >= 0.3 is 0 Å². The van der Waals surface area contributed by atoms with Crippen molar-refractivity contribution in [1.29, 1.82) is 0 Å². The summed E-state index contributed by atoms with van der Waals surface area (Å²) in [6, 6.07) is 7.51. The molecule has 2 aliphatic rings. The van der Waals surface area contributed by atoms with Gasteiger partial charge in [0.2, 0.25) is 0 Å². The Labute approximate surface area is 133 Å². The molecule has 3 heterocycles. The van der Waals surface area contributed by atoms with Gasteiger partial charge in [0.25, 0.3) is 11.8 Å². The summed E-state index contributed by atoms with van der Waals surface area (Å²) >= 11 is 0. The highest BCUT2D eigenvalue weighted by Crippen LogP contribution is 2.31. The van der Waals surface area contributed by atoms with Gasteiger partial charge in [0.1, 0.15) is 12.0 Å². The fraction of sp³-hybridized carbons (Fsp3) is 0.353. The van der Waals surface area contributed by atoms with Gasteiger partial charge in [0.15, 0.2) is 0 Å². The molecule has 0 radical (unpaired) electrons. The highest BCUT2D eigenvalue weighted by atomic mass is 16.5. The molecule has 1 aromatic heterocycles. The van der Waals surface area contributed by atoms with Crippen molar-refractivity contribution in [3.8, 4) is 0 Å². The highest BCUT2D eigenvalue weighted by Gasteiger charge is 2.41. The van der Waals surface area contributed by atoms with Gasteiger partial charge in [-0.05, 0) is 31.9 Å². The van der Waals surface area contributed by atoms with E-state index in [2.05, 4.69) is 4.98 Å². The molecule has 2 amide bonds. The van der Waals surface area contributed by atoms with Gasteiger partial charge < -0.3 is 4.74 Å². The second-order valence-electron chi connectivity index (χ2n) is 5.90. The summed E-state index contributed by atoms with van der Waals surface area (Å²) in [4.78, 5) is 31.3. The fourth-order valence-corrected chi connectivity index (χ4v) is 3.34. The van der Waals surface area contributed by atoms with E-state index in [1.807, 2.05) is 24.3 Å². The lowest BCUT2D eigenvalue weighted by molar-refractivity contribution is -0.141. The van der Waals surface area contributed by atoms with Crippen LogP contribution in [0, 0.1) is 0 Å². The van der Waals surface area contributed by atoms with Crippen LogP contribution in [-0.2, 0) is 14.3 Å². The van der Waals surface area contributed by atoms with Crippen molar-refractivity contribution in [3.05, 3.63) is 36.2 Å². The lowest BCUT2D eigenvalue weighted by Gasteiger charge is -2.29. The molecular formula is C17H17N3O3. The zero-order chi connectivity index (χ0) is 16.0. The minimum atomic E-state index is -0.234. The van der Waals surface area contributed by atoms with E-state index in [-0.39, 0.29) is 17.9 Å². The van der Waals surface area contributed by atoms with E-state index >= 15 is 0 Å². The van der Waals surface area contributed by atoms with Gasteiger partial charge in [0, 0.05) is 24.8 Å². The van der Waals surface area contributed by atoms with Gasteiger partial charge in [-0.2, -0.15) is 0 Å².